The van der Waals surface area contributed by atoms with Crippen molar-refractivity contribution in [3.8, 4) is 11.5 Å². The number of fused-ring (bicyclic) bond motifs is 1. The van der Waals surface area contributed by atoms with Crippen LogP contribution in [0.2, 0.25) is 0 Å². The zero-order valence-electron chi connectivity index (χ0n) is 12.6. The second kappa shape index (κ2) is 6.56. The minimum atomic E-state index is 0. The number of ether oxygens (including phenoxy) is 2. The number of nitrogens with one attached hydrogen (secondary N) is 1. The molecule has 0 aromatic heterocycles. The predicted molar refractivity (Wildman–Crippen MR) is 92.2 cm³/mol. The highest BCUT2D eigenvalue weighted by Crippen LogP contribution is 2.39. The Hall–Kier alpha value is -0.490. The van der Waals surface area contributed by atoms with Crippen molar-refractivity contribution in [2.24, 2.45) is 5.41 Å². The number of rotatable bonds is 2. The third-order valence-corrected chi connectivity index (χ3v) is 5.69. The molecule has 122 valence electrons. The molecule has 3 heterocycles. The third kappa shape index (κ3) is 3.09. The van der Waals surface area contributed by atoms with Crippen LogP contribution in [0.5, 0.6) is 11.5 Å². The molecule has 1 unspecified atom stereocenters. The lowest BCUT2D eigenvalue weighted by Crippen LogP contribution is -2.29. The Bertz CT molecular complexity index is 549. The largest absolute Gasteiger partial charge is 0.486 e. The highest BCUT2D eigenvalue weighted by molar-refractivity contribution is 9.10. The summed E-state index contributed by atoms with van der Waals surface area (Å²) in [5, 5.41) is 3.52. The molecular weight excluding hydrogens is 368 g/mol. The van der Waals surface area contributed by atoms with Gasteiger partial charge in [0.2, 0.25) is 0 Å². The number of likely N-dealkylation sites (tertiary alicyclic amines) is 1. The van der Waals surface area contributed by atoms with Gasteiger partial charge in [0, 0.05) is 24.1 Å². The fraction of sp³-hybridized carbons (Fsp3) is 0.625. The first kappa shape index (κ1) is 16.4. The summed E-state index contributed by atoms with van der Waals surface area (Å²) < 4.78 is 12.5. The summed E-state index contributed by atoms with van der Waals surface area (Å²) in [5.74, 6) is 1.74. The van der Waals surface area contributed by atoms with Gasteiger partial charge in [-0.25, -0.2) is 0 Å². The summed E-state index contributed by atoms with van der Waals surface area (Å²) in [6, 6.07) is 4.18. The van der Waals surface area contributed by atoms with E-state index in [2.05, 4.69) is 32.2 Å². The van der Waals surface area contributed by atoms with Crippen molar-refractivity contribution >= 4 is 28.3 Å². The first-order chi connectivity index (χ1) is 10.2. The molecular formula is C16H22BrClN2O2. The Morgan fingerprint density at radius 2 is 1.95 bits per heavy atom. The van der Waals surface area contributed by atoms with Crippen LogP contribution in [0.3, 0.4) is 0 Å². The van der Waals surface area contributed by atoms with Gasteiger partial charge in [-0.05, 0) is 49.0 Å². The normalized spacial score (nSPS) is 27.1. The molecule has 1 atom stereocenters. The molecule has 0 bridgehead atoms. The van der Waals surface area contributed by atoms with Crippen molar-refractivity contribution in [2.75, 3.05) is 39.4 Å². The molecule has 4 rings (SSSR count). The minimum absolute atomic E-state index is 0. The van der Waals surface area contributed by atoms with Gasteiger partial charge in [0.15, 0.2) is 11.5 Å². The highest BCUT2D eigenvalue weighted by Gasteiger charge is 2.40. The molecule has 6 heteroatoms. The maximum Gasteiger partial charge on any atom is 0.162 e. The zero-order valence-corrected chi connectivity index (χ0v) is 15.0. The van der Waals surface area contributed by atoms with E-state index >= 15 is 0 Å². The smallest absolute Gasteiger partial charge is 0.162 e. The number of halogens is 2. The van der Waals surface area contributed by atoms with E-state index in [0.29, 0.717) is 18.6 Å². The summed E-state index contributed by atoms with van der Waals surface area (Å²) in [4.78, 5) is 2.57. The first-order valence-electron chi connectivity index (χ1n) is 7.75. The quantitative estimate of drug-likeness (QED) is 0.843. The topological polar surface area (TPSA) is 33.7 Å². The molecule has 22 heavy (non-hydrogen) atoms. The van der Waals surface area contributed by atoms with Crippen LogP contribution < -0.4 is 14.8 Å². The maximum atomic E-state index is 5.70. The van der Waals surface area contributed by atoms with Crippen LogP contribution in [0, 0.1) is 5.41 Å². The molecule has 0 saturated carbocycles. The van der Waals surface area contributed by atoms with Gasteiger partial charge in [0.05, 0.1) is 0 Å². The highest BCUT2D eigenvalue weighted by atomic mass is 79.9. The van der Waals surface area contributed by atoms with E-state index in [1.807, 2.05) is 6.07 Å². The molecule has 1 aromatic rings. The Morgan fingerprint density at radius 1 is 1.18 bits per heavy atom. The number of hydrogen-bond donors (Lipinski definition) is 1. The summed E-state index contributed by atoms with van der Waals surface area (Å²) in [6.07, 6.45) is 2.65. The Kier molecular flexibility index (Phi) is 4.88. The van der Waals surface area contributed by atoms with Crippen molar-refractivity contribution in [3.05, 3.63) is 22.2 Å². The molecule has 2 fully saturated rings. The summed E-state index contributed by atoms with van der Waals surface area (Å²) in [5.41, 5.74) is 1.82. The molecule has 1 aromatic carbocycles. The van der Waals surface area contributed by atoms with Crippen LogP contribution in [0.1, 0.15) is 18.4 Å². The van der Waals surface area contributed by atoms with Crippen LogP contribution in [0.25, 0.3) is 0 Å². The summed E-state index contributed by atoms with van der Waals surface area (Å²) in [6.45, 7) is 7.04. The molecule has 0 radical (unpaired) electrons. The first-order valence-corrected chi connectivity index (χ1v) is 8.55. The molecule has 0 amide bonds. The third-order valence-electron chi connectivity index (χ3n) is 4.95. The minimum Gasteiger partial charge on any atom is -0.486 e. The second-order valence-corrected chi connectivity index (χ2v) is 7.33. The van der Waals surface area contributed by atoms with E-state index in [1.54, 1.807) is 0 Å². The van der Waals surface area contributed by atoms with Gasteiger partial charge in [-0.2, -0.15) is 0 Å². The van der Waals surface area contributed by atoms with Gasteiger partial charge >= 0.3 is 0 Å². The van der Waals surface area contributed by atoms with Crippen LogP contribution in [0.4, 0.5) is 0 Å². The van der Waals surface area contributed by atoms with E-state index in [4.69, 9.17) is 9.47 Å². The van der Waals surface area contributed by atoms with Crippen molar-refractivity contribution < 1.29 is 9.47 Å². The fourth-order valence-electron chi connectivity index (χ4n) is 3.77. The Labute approximate surface area is 146 Å². The van der Waals surface area contributed by atoms with Gasteiger partial charge in [0.1, 0.15) is 13.2 Å². The zero-order chi connectivity index (χ0) is 14.3. The average molecular weight is 390 g/mol. The molecule has 3 aliphatic rings. The van der Waals surface area contributed by atoms with E-state index in [9.17, 15) is 0 Å². The molecule has 1 N–H and O–H groups in total. The van der Waals surface area contributed by atoms with E-state index < -0.39 is 0 Å². The van der Waals surface area contributed by atoms with Gasteiger partial charge in [-0.1, -0.05) is 15.9 Å². The lowest BCUT2D eigenvalue weighted by Gasteiger charge is -2.24. The van der Waals surface area contributed by atoms with E-state index in [0.717, 1.165) is 22.5 Å². The van der Waals surface area contributed by atoms with Crippen LogP contribution in [-0.4, -0.2) is 44.3 Å². The van der Waals surface area contributed by atoms with Crippen molar-refractivity contribution in [1.29, 1.82) is 0 Å². The van der Waals surface area contributed by atoms with Gasteiger partial charge in [0.25, 0.3) is 0 Å². The van der Waals surface area contributed by atoms with Crippen LogP contribution in [0.15, 0.2) is 16.6 Å². The number of nitrogens with zero attached hydrogens (tertiary/aromatic N) is 1. The summed E-state index contributed by atoms with van der Waals surface area (Å²) >= 11 is 3.68. The van der Waals surface area contributed by atoms with Crippen molar-refractivity contribution in [3.63, 3.8) is 0 Å². The Balaban J connectivity index is 0.00000144. The molecule has 3 aliphatic heterocycles. The van der Waals surface area contributed by atoms with E-state index in [1.165, 1.54) is 44.6 Å². The van der Waals surface area contributed by atoms with Crippen molar-refractivity contribution in [1.82, 2.24) is 10.2 Å². The molecule has 1 spiro atoms. The van der Waals surface area contributed by atoms with E-state index in [-0.39, 0.29) is 12.4 Å². The summed E-state index contributed by atoms with van der Waals surface area (Å²) in [7, 11) is 0. The van der Waals surface area contributed by atoms with Gasteiger partial charge in [-0.15, -0.1) is 12.4 Å². The lowest BCUT2D eigenvalue weighted by molar-refractivity contribution is 0.171. The lowest BCUT2D eigenvalue weighted by atomic mass is 9.86. The fourth-order valence-corrected chi connectivity index (χ4v) is 4.22. The number of benzene rings is 1. The standard InChI is InChI=1S/C16H21BrN2O2.ClH/c17-13-8-15-14(20-5-6-21-15)7-12(13)9-19-4-2-16(11-19)1-3-18-10-16;/h7-8,18H,1-6,9-11H2;1H. The van der Waals surface area contributed by atoms with Gasteiger partial charge < -0.3 is 14.8 Å². The predicted octanol–water partition coefficient (Wildman–Crippen LogP) is 2.83. The number of hydrogen-bond acceptors (Lipinski definition) is 4. The SMILES string of the molecule is Brc1cc2c(cc1CN1CCC3(CCNC3)C1)OCCO2.Cl. The average Bonchev–Trinajstić information content (AvgIpc) is 3.10. The molecule has 2 saturated heterocycles. The van der Waals surface area contributed by atoms with Crippen LogP contribution >= 0.6 is 28.3 Å². The van der Waals surface area contributed by atoms with Gasteiger partial charge in [-0.3, -0.25) is 4.90 Å². The molecule has 4 nitrogen and oxygen atoms in total. The second-order valence-electron chi connectivity index (χ2n) is 6.47. The maximum absolute atomic E-state index is 5.70. The van der Waals surface area contributed by atoms with Crippen molar-refractivity contribution in [2.45, 2.75) is 19.4 Å². The monoisotopic (exact) mass is 388 g/mol. The van der Waals surface area contributed by atoms with Crippen LogP contribution in [-0.2, 0) is 6.54 Å². The molecule has 0 aliphatic carbocycles. The Morgan fingerprint density at radius 3 is 2.68 bits per heavy atom.